The van der Waals surface area contributed by atoms with Crippen molar-refractivity contribution >= 4 is 15.9 Å². The van der Waals surface area contributed by atoms with Crippen molar-refractivity contribution in [1.29, 1.82) is 0 Å². The van der Waals surface area contributed by atoms with Crippen molar-refractivity contribution in [2.24, 2.45) is 12.8 Å². The van der Waals surface area contributed by atoms with Crippen molar-refractivity contribution in [2.75, 3.05) is 0 Å². The van der Waals surface area contributed by atoms with Gasteiger partial charge in [-0.25, -0.2) is 0 Å². The average Bonchev–Trinajstić information content (AvgIpc) is 2.58. The summed E-state index contributed by atoms with van der Waals surface area (Å²) in [7, 11) is 1.95. The number of benzene rings is 1. The minimum Gasteiger partial charge on any atom is -0.324 e. The first-order valence-electron chi connectivity index (χ1n) is 5.57. The second-order valence-corrected chi connectivity index (χ2v) is 5.18. The third-order valence-electron chi connectivity index (χ3n) is 2.83. The van der Waals surface area contributed by atoms with Gasteiger partial charge in [-0.3, -0.25) is 4.68 Å². The molecule has 0 saturated heterocycles. The highest BCUT2D eigenvalue weighted by molar-refractivity contribution is 9.10. The Labute approximate surface area is 110 Å². The van der Waals surface area contributed by atoms with Gasteiger partial charge in [0.25, 0.3) is 0 Å². The minimum absolute atomic E-state index is 0.0119. The lowest BCUT2D eigenvalue weighted by atomic mass is 10.0. The number of hydrogen-bond donors (Lipinski definition) is 1. The normalized spacial score (nSPS) is 12.7. The van der Waals surface area contributed by atoms with Crippen LogP contribution in [0.25, 0.3) is 0 Å². The van der Waals surface area contributed by atoms with Gasteiger partial charge in [-0.2, -0.15) is 5.10 Å². The Hall–Kier alpha value is -1.13. The van der Waals surface area contributed by atoms with Gasteiger partial charge in [-0.1, -0.05) is 28.1 Å². The zero-order valence-electron chi connectivity index (χ0n) is 10.0. The molecule has 0 amide bonds. The van der Waals surface area contributed by atoms with E-state index in [1.54, 1.807) is 0 Å². The van der Waals surface area contributed by atoms with E-state index in [2.05, 4.69) is 39.2 Å². The zero-order chi connectivity index (χ0) is 12.4. The second-order valence-electron chi connectivity index (χ2n) is 4.26. The lowest BCUT2D eigenvalue weighted by Gasteiger charge is -2.12. The van der Waals surface area contributed by atoms with Gasteiger partial charge in [-0.15, -0.1) is 0 Å². The average molecular weight is 294 g/mol. The maximum atomic E-state index is 6.20. The van der Waals surface area contributed by atoms with Crippen molar-refractivity contribution in [3.8, 4) is 0 Å². The second kappa shape index (κ2) is 5.02. The van der Waals surface area contributed by atoms with Gasteiger partial charge >= 0.3 is 0 Å². The Morgan fingerprint density at radius 3 is 2.53 bits per heavy atom. The predicted octanol–water partition coefficient (Wildman–Crippen LogP) is 2.73. The van der Waals surface area contributed by atoms with Crippen LogP contribution in [0.4, 0.5) is 0 Å². The van der Waals surface area contributed by atoms with Gasteiger partial charge in [0.2, 0.25) is 0 Å². The number of rotatable bonds is 3. The summed E-state index contributed by atoms with van der Waals surface area (Å²) in [4.78, 5) is 0. The molecule has 0 bridgehead atoms. The van der Waals surface area contributed by atoms with Crippen molar-refractivity contribution in [2.45, 2.75) is 19.4 Å². The highest BCUT2D eigenvalue weighted by Crippen LogP contribution is 2.18. The summed E-state index contributed by atoms with van der Waals surface area (Å²) in [5.41, 5.74) is 9.54. The summed E-state index contributed by atoms with van der Waals surface area (Å²) in [5, 5.41) is 4.33. The van der Waals surface area contributed by atoms with Gasteiger partial charge in [-0.05, 0) is 30.7 Å². The van der Waals surface area contributed by atoms with Crippen LogP contribution in [-0.4, -0.2) is 9.78 Å². The molecule has 1 aromatic carbocycles. The highest BCUT2D eigenvalue weighted by Gasteiger charge is 2.10. The first-order valence-corrected chi connectivity index (χ1v) is 6.36. The SMILES string of the molecule is Cc1cc(CC(N)c2ccc(Br)cc2)n(C)n1. The van der Waals surface area contributed by atoms with Crippen molar-refractivity contribution in [3.05, 3.63) is 51.8 Å². The van der Waals surface area contributed by atoms with Gasteiger partial charge in [0.15, 0.2) is 0 Å². The fraction of sp³-hybridized carbons (Fsp3) is 0.308. The fourth-order valence-electron chi connectivity index (χ4n) is 1.91. The Balaban J connectivity index is 2.13. The number of nitrogens with zero attached hydrogens (tertiary/aromatic N) is 2. The number of aryl methyl sites for hydroxylation is 2. The summed E-state index contributed by atoms with van der Waals surface area (Å²) >= 11 is 3.42. The van der Waals surface area contributed by atoms with E-state index >= 15 is 0 Å². The van der Waals surface area contributed by atoms with Crippen LogP contribution in [0.3, 0.4) is 0 Å². The first kappa shape index (κ1) is 12.3. The van der Waals surface area contributed by atoms with E-state index in [0.717, 1.165) is 27.8 Å². The molecule has 0 aliphatic heterocycles. The van der Waals surface area contributed by atoms with Crippen LogP contribution in [0.15, 0.2) is 34.8 Å². The number of halogens is 1. The number of nitrogens with two attached hydrogens (primary N) is 1. The predicted molar refractivity (Wildman–Crippen MR) is 72.7 cm³/mol. The van der Waals surface area contributed by atoms with Crippen LogP contribution in [0.2, 0.25) is 0 Å². The van der Waals surface area contributed by atoms with E-state index in [1.807, 2.05) is 30.8 Å². The van der Waals surface area contributed by atoms with Crippen molar-refractivity contribution in [3.63, 3.8) is 0 Å². The molecule has 3 nitrogen and oxygen atoms in total. The Kier molecular flexibility index (Phi) is 3.64. The molecule has 1 unspecified atom stereocenters. The van der Waals surface area contributed by atoms with E-state index in [4.69, 9.17) is 5.73 Å². The molecular weight excluding hydrogens is 278 g/mol. The van der Waals surface area contributed by atoms with Crippen LogP contribution in [0.1, 0.15) is 23.0 Å². The highest BCUT2D eigenvalue weighted by atomic mass is 79.9. The summed E-state index contributed by atoms with van der Waals surface area (Å²) in [6.07, 6.45) is 0.805. The first-order chi connectivity index (χ1) is 8.06. The van der Waals surface area contributed by atoms with Crippen LogP contribution in [-0.2, 0) is 13.5 Å². The maximum absolute atomic E-state index is 6.20. The minimum atomic E-state index is 0.0119. The van der Waals surface area contributed by atoms with E-state index in [-0.39, 0.29) is 6.04 Å². The zero-order valence-corrected chi connectivity index (χ0v) is 11.6. The topological polar surface area (TPSA) is 43.8 Å². The summed E-state index contributed by atoms with van der Waals surface area (Å²) in [6.45, 7) is 1.99. The molecule has 1 atom stereocenters. The molecule has 0 fully saturated rings. The Morgan fingerprint density at radius 1 is 1.35 bits per heavy atom. The standard InChI is InChI=1S/C13H16BrN3/c1-9-7-12(17(2)16-9)8-13(15)10-3-5-11(14)6-4-10/h3-7,13H,8,15H2,1-2H3. The quantitative estimate of drug-likeness (QED) is 0.946. The van der Waals surface area contributed by atoms with Crippen LogP contribution in [0, 0.1) is 6.92 Å². The lowest BCUT2D eigenvalue weighted by molar-refractivity contribution is 0.639. The number of aromatic nitrogens is 2. The molecule has 90 valence electrons. The molecular formula is C13H16BrN3. The largest absolute Gasteiger partial charge is 0.324 e. The summed E-state index contributed by atoms with van der Waals surface area (Å²) in [5.74, 6) is 0. The molecule has 1 heterocycles. The molecule has 2 N–H and O–H groups in total. The van der Waals surface area contributed by atoms with E-state index in [1.165, 1.54) is 0 Å². The van der Waals surface area contributed by atoms with Gasteiger partial charge < -0.3 is 5.73 Å². The van der Waals surface area contributed by atoms with Crippen molar-refractivity contribution < 1.29 is 0 Å². The third kappa shape index (κ3) is 2.96. The molecule has 4 heteroatoms. The molecule has 0 aliphatic rings. The van der Waals surface area contributed by atoms with Crippen molar-refractivity contribution in [1.82, 2.24) is 9.78 Å². The smallest absolute Gasteiger partial charge is 0.0596 e. The van der Waals surface area contributed by atoms with Crippen LogP contribution < -0.4 is 5.73 Å². The summed E-state index contributed by atoms with van der Waals surface area (Å²) in [6, 6.07) is 10.2. The molecule has 17 heavy (non-hydrogen) atoms. The molecule has 0 spiro atoms. The van der Waals surface area contributed by atoms with E-state index in [0.29, 0.717) is 0 Å². The molecule has 2 rings (SSSR count). The molecule has 0 aliphatic carbocycles. The van der Waals surface area contributed by atoms with E-state index < -0.39 is 0 Å². The fourth-order valence-corrected chi connectivity index (χ4v) is 2.17. The molecule has 1 aromatic heterocycles. The Morgan fingerprint density at radius 2 is 2.00 bits per heavy atom. The van der Waals surface area contributed by atoms with Crippen LogP contribution >= 0.6 is 15.9 Å². The van der Waals surface area contributed by atoms with Crippen LogP contribution in [0.5, 0.6) is 0 Å². The van der Waals surface area contributed by atoms with Gasteiger partial charge in [0.05, 0.1) is 5.69 Å². The van der Waals surface area contributed by atoms with Gasteiger partial charge in [0.1, 0.15) is 0 Å². The third-order valence-corrected chi connectivity index (χ3v) is 3.35. The Bertz CT molecular complexity index is 502. The maximum Gasteiger partial charge on any atom is 0.0596 e. The number of hydrogen-bond acceptors (Lipinski definition) is 2. The monoisotopic (exact) mass is 293 g/mol. The van der Waals surface area contributed by atoms with E-state index in [9.17, 15) is 0 Å². The summed E-state index contributed by atoms with van der Waals surface area (Å²) < 4.78 is 2.97. The lowest BCUT2D eigenvalue weighted by Crippen LogP contribution is -2.15. The molecule has 2 aromatic rings. The van der Waals surface area contributed by atoms with Gasteiger partial charge in [0, 0.05) is 29.7 Å². The molecule has 0 saturated carbocycles. The molecule has 0 radical (unpaired) electrons.